The summed E-state index contributed by atoms with van der Waals surface area (Å²) in [5.41, 5.74) is 0.687. The van der Waals surface area contributed by atoms with Gasteiger partial charge in [0.05, 0.1) is 19.8 Å². The Balaban J connectivity index is 1.84. The van der Waals surface area contributed by atoms with Crippen LogP contribution in [0, 0.1) is 0 Å². The Morgan fingerprint density at radius 2 is 2.33 bits per heavy atom. The van der Waals surface area contributed by atoms with Crippen molar-refractivity contribution < 1.29 is 14.6 Å². The van der Waals surface area contributed by atoms with Crippen LogP contribution in [-0.2, 0) is 4.74 Å². The second-order valence-corrected chi connectivity index (χ2v) is 5.19. The van der Waals surface area contributed by atoms with Crippen LogP contribution in [0.15, 0.2) is 16.7 Å². The van der Waals surface area contributed by atoms with Crippen molar-refractivity contribution in [2.75, 3.05) is 26.4 Å². The summed E-state index contributed by atoms with van der Waals surface area (Å²) < 4.78 is 8.03. The summed E-state index contributed by atoms with van der Waals surface area (Å²) in [5, 5.41) is 11.3. The number of amides is 1. The number of nitrogens with one attached hydrogen (secondary N) is 1. The largest absolute Gasteiger partial charge is 0.394 e. The molecular weight excluding hydrogens is 300 g/mol. The molecule has 1 aromatic heterocycles. The molecule has 0 bridgehead atoms. The highest BCUT2D eigenvalue weighted by Crippen LogP contribution is 2.37. The van der Waals surface area contributed by atoms with E-state index in [0.717, 1.165) is 17.3 Å². The Kier molecular flexibility index (Phi) is 4.79. The van der Waals surface area contributed by atoms with Gasteiger partial charge >= 0.3 is 0 Å². The summed E-state index contributed by atoms with van der Waals surface area (Å²) in [7, 11) is 0. The Morgan fingerprint density at radius 1 is 1.56 bits per heavy atom. The molecule has 0 saturated heterocycles. The van der Waals surface area contributed by atoms with E-state index in [1.807, 2.05) is 16.8 Å². The fourth-order valence-corrected chi connectivity index (χ4v) is 2.21. The quantitative estimate of drug-likeness (QED) is 0.746. The predicted octanol–water partition coefficient (Wildman–Crippen LogP) is 1.32. The van der Waals surface area contributed by atoms with Crippen LogP contribution >= 0.6 is 15.9 Å². The molecule has 0 spiro atoms. The fourth-order valence-electron chi connectivity index (χ4n) is 1.78. The highest BCUT2D eigenvalue weighted by molar-refractivity contribution is 9.10. The number of nitrogens with zero attached hydrogens (tertiary/aromatic N) is 1. The van der Waals surface area contributed by atoms with Gasteiger partial charge in [0.15, 0.2) is 0 Å². The van der Waals surface area contributed by atoms with Gasteiger partial charge in [0.2, 0.25) is 0 Å². The molecule has 100 valence electrons. The zero-order valence-electron chi connectivity index (χ0n) is 10.1. The number of rotatable bonds is 7. The second-order valence-electron chi connectivity index (χ2n) is 4.27. The van der Waals surface area contributed by atoms with Crippen LogP contribution in [0.3, 0.4) is 0 Å². The second kappa shape index (κ2) is 6.36. The lowest BCUT2D eigenvalue weighted by molar-refractivity contribution is 0.0832. The number of aliphatic hydroxyl groups excluding tert-OH is 1. The van der Waals surface area contributed by atoms with Gasteiger partial charge in [0, 0.05) is 23.3 Å². The maximum Gasteiger partial charge on any atom is 0.268 e. The van der Waals surface area contributed by atoms with E-state index in [-0.39, 0.29) is 12.5 Å². The van der Waals surface area contributed by atoms with E-state index < -0.39 is 0 Å². The van der Waals surface area contributed by atoms with Crippen molar-refractivity contribution >= 4 is 21.8 Å². The zero-order chi connectivity index (χ0) is 13.0. The number of hydrogen-bond donors (Lipinski definition) is 2. The zero-order valence-corrected chi connectivity index (χ0v) is 11.6. The molecule has 0 atom stereocenters. The smallest absolute Gasteiger partial charge is 0.268 e. The average molecular weight is 317 g/mol. The standard InChI is InChI=1S/C12H17BrN2O3/c13-9-7-11(15(8-9)10-1-2-10)12(17)14-3-5-18-6-4-16/h7-8,10,16H,1-6H2,(H,14,17). The van der Waals surface area contributed by atoms with Gasteiger partial charge in [-0.2, -0.15) is 0 Å². The molecule has 0 radical (unpaired) electrons. The lowest BCUT2D eigenvalue weighted by Crippen LogP contribution is -2.29. The van der Waals surface area contributed by atoms with E-state index >= 15 is 0 Å². The number of carbonyl (C=O) groups is 1. The number of aliphatic hydroxyl groups is 1. The first kappa shape index (κ1) is 13.6. The lowest BCUT2D eigenvalue weighted by atomic mass is 10.4. The molecule has 2 N–H and O–H groups in total. The van der Waals surface area contributed by atoms with Crippen molar-refractivity contribution in [3.63, 3.8) is 0 Å². The summed E-state index contributed by atoms with van der Waals surface area (Å²) in [6.07, 6.45) is 4.23. The fraction of sp³-hybridized carbons (Fsp3) is 0.583. The molecule has 18 heavy (non-hydrogen) atoms. The lowest BCUT2D eigenvalue weighted by Gasteiger charge is -2.08. The van der Waals surface area contributed by atoms with Crippen LogP contribution in [0.5, 0.6) is 0 Å². The SMILES string of the molecule is O=C(NCCOCCO)c1cc(Br)cn1C1CC1. The van der Waals surface area contributed by atoms with Crippen LogP contribution in [0.2, 0.25) is 0 Å². The van der Waals surface area contributed by atoms with E-state index in [4.69, 9.17) is 9.84 Å². The van der Waals surface area contributed by atoms with E-state index in [9.17, 15) is 4.79 Å². The van der Waals surface area contributed by atoms with Crippen LogP contribution in [-0.4, -0.2) is 41.9 Å². The normalized spacial score (nSPS) is 14.8. The Hall–Kier alpha value is -0.850. The minimum absolute atomic E-state index is 0.00538. The van der Waals surface area contributed by atoms with Gasteiger partial charge in [-0.05, 0) is 34.8 Å². The molecule has 0 unspecified atom stereocenters. The Bertz CT molecular complexity index is 415. The van der Waals surface area contributed by atoms with Crippen molar-refractivity contribution in [1.82, 2.24) is 9.88 Å². The van der Waals surface area contributed by atoms with E-state index in [1.165, 1.54) is 0 Å². The molecule has 1 fully saturated rings. The summed E-state index contributed by atoms with van der Waals surface area (Å²) in [6, 6.07) is 2.31. The monoisotopic (exact) mass is 316 g/mol. The summed E-state index contributed by atoms with van der Waals surface area (Å²) in [5.74, 6) is -0.0831. The molecule has 1 aliphatic carbocycles. The van der Waals surface area contributed by atoms with Crippen molar-refractivity contribution in [2.45, 2.75) is 18.9 Å². The highest BCUT2D eigenvalue weighted by atomic mass is 79.9. The molecule has 0 aliphatic heterocycles. The topological polar surface area (TPSA) is 63.5 Å². The number of hydrogen-bond acceptors (Lipinski definition) is 3. The number of halogens is 1. The van der Waals surface area contributed by atoms with Crippen LogP contribution < -0.4 is 5.32 Å². The van der Waals surface area contributed by atoms with Crippen LogP contribution in [0.25, 0.3) is 0 Å². The maximum atomic E-state index is 12.0. The van der Waals surface area contributed by atoms with Gasteiger partial charge in [-0.3, -0.25) is 4.79 Å². The third-order valence-electron chi connectivity index (χ3n) is 2.76. The number of carbonyl (C=O) groups excluding carboxylic acids is 1. The molecule has 1 aromatic rings. The predicted molar refractivity (Wildman–Crippen MR) is 70.6 cm³/mol. The van der Waals surface area contributed by atoms with Crippen molar-refractivity contribution in [3.8, 4) is 0 Å². The molecule has 1 heterocycles. The molecule has 5 nitrogen and oxygen atoms in total. The first-order valence-corrected chi connectivity index (χ1v) is 6.86. The molecule has 0 aromatic carbocycles. The Labute approximate surface area is 114 Å². The third-order valence-corrected chi connectivity index (χ3v) is 3.19. The number of aromatic nitrogens is 1. The summed E-state index contributed by atoms with van der Waals surface area (Å²) in [4.78, 5) is 12.0. The molecular formula is C12H17BrN2O3. The highest BCUT2D eigenvalue weighted by Gasteiger charge is 2.27. The average Bonchev–Trinajstić information content (AvgIpc) is 3.12. The molecule has 2 rings (SSSR count). The van der Waals surface area contributed by atoms with Crippen LogP contribution in [0.1, 0.15) is 29.4 Å². The van der Waals surface area contributed by atoms with Crippen molar-refractivity contribution in [3.05, 3.63) is 22.4 Å². The van der Waals surface area contributed by atoms with Gasteiger partial charge in [-0.15, -0.1) is 0 Å². The van der Waals surface area contributed by atoms with Crippen LogP contribution in [0.4, 0.5) is 0 Å². The van der Waals surface area contributed by atoms with Gasteiger partial charge in [-0.25, -0.2) is 0 Å². The van der Waals surface area contributed by atoms with Gasteiger partial charge in [-0.1, -0.05) is 0 Å². The molecule has 6 heteroatoms. The minimum Gasteiger partial charge on any atom is -0.394 e. The first-order valence-electron chi connectivity index (χ1n) is 6.06. The molecule has 1 aliphatic rings. The summed E-state index contributed by atoms with van der Waals surface area (Å²) >= 11 is 3.40. The van der Waals surface area contributed by atoms with Gasteiger partial charge in [0.1, 0.15) is 5.69 Å². The first-order chi connectivity index (χ1) is 8.72. The maximum absolute atomic E-state index is 12.0. The van der Waals surface area contributed by atoms with Gasteiger partial charge in [0.25, 0.3) is 5.91 Å². The molecule has 1 amide bonds. The summed E-state index contributed by atoms with van der Waals surface area (Å²) in [6.45, 7) is 1.18. The van der Waals surface area contributed by atoms with Gasteiger partial charge < -0.3 is 19.7 Å². The van der Waals surface area contributed by atoms with Crippen molar-refractivity contribution in [1.29, 1.82) is 0 Å². The number of ether oxygens (including phenoxy) is 1. The Morgan fingerprint density at radius 3 is 3.00 bits per heavy atom. The molecule has 1 saturated carbocycles. The van der Waals surface area contributed by atoms with E-state index in [1.54, 1.807) is 0 Å². The third kappa shape index (κ3) is 3.57. The van der Waals surface area contributed by atoms with E-state index in [2.05, 4.69) is 21.2 Å². The van der Waals surface area contributed by atoms with Crippen molar-refractivity contribution in [2.24, 2.45) is 0 Å². The van der Waals surface area contributed by atoms with E-state index in [0.29, 0.717) is 31.5 Å². The minimum atomic E-state index is -0.0831.